The number of nitrogens with one attached hydrogen (secondary N) is 2. The number of carbonyl (C=O) groups is 1. The summed E-state index contributed by atoms with van der Waals surface area (Å²) in [5.74, 6) is -0.344. The molecule has 3 aromatic carbocycles. The summed E-state index contributed by atoms with van der Waals surface area (Å²) >= 11 is 0. The minimum atomic E-state index is -3.74. The van der Waals surface area contributed by atoms with Crippen LogP contribution < -0.4 is 10.0 Å². The first-order valence-corrected chi connectivity index (χ1v) is 10.3. The highest BCUT2D eigenvalue weighted by Gasteiger charge is 2.15. The van der Waals surface area contributed by atoms with Crippen molar-refractivity contribution in [3.63, 3.8) is 0 Å². The summed E-state index contributed by atoms with van der Waals surface area (Å²) in [5, 5.41) is 3.75. The third kappa shape index (κ3) is 4.09. The van der Waals surface area contributed by atoms with Gasteiger partial charge < -0.3 is 5.32 Å². The molecule has 0 spiro atoms. The van der Waals surface area contributed by atoms with Gasteiger partial charge in [0.15, 0.2) is 0 Å². The maximum Gasteiger partial charge on any atom is 0.261 e. The summed E-state index contributed by atoms with van der Waals surface area (Å²) in [6.45, 7) is 0. The van der Waals surface area contributed by atoms with Crippen molar-refractivity contribution >= 4 is 38.2 Å². The fourth-order valence-corrected chi connectivity index (χ4v) is 3.96. The van der Waals surface area contributed by atoms with Crippen molar-refractivity contribution in [1.29, 1.82) is 0 Å². The van der Waals surface area contributed by atoms with Crippen molar-refractivity contribution in [3.8, 4) is 0 Å². The molecule has 0 saturated carbocycles. The summed E-state index contributed by atoms with van der Waals surface area (Å²) in [7, 11) is -3.74. The van der Waals surface area contributed by atoms with E-state index in [-0.39, 0.29) is 10.8 Å². The van der Waals surface area contributed by atoms with Gasteiger partial charge in [0.05, 0.1) is 16.1 Å². The van der Waals surface area contributed by atoms with Crippen LogP contribution in [0.25, 0.3) is 10.9 Å². The van der Waals surface area contributed by atoms with E-state index in [1.807, 2.05) is 24.3 Å². The van der Waals surface area contributed by atoms with E-state index in [0.29, 0.717) is 22.5 Å². The third-order valence-corrected chi connectivity index (χ3v) is 5.73. The largest absolute Gasteiger partial charge is 0.320 e. The number of nitrogens with zero attached hydrogens (tertiary/aromatic N) is 1. The van der Waals surface area contributed by atoms with Gasteiger partial charge in [-0.25, -0.2) is 8.42 Å². The Morgan fingerprint density at radius 2 is 1.52 bits per heavy atom. The van der Waals surface area contributed by atoms with Crippen molar-refractivity contribution in [2.45, 2.75) is 4.90 Å². The lowest BCUT2D eigenvalue weighted by Crippen LogP contribution is -2.15. The van der Waals surface area contributed by atoms with E-state index in [9.17, 15) is 13.2 Å². The summed E-state index contributed by atoms with van der Waals surface area (Å²) in [4.78, 5) is 17.0. The molecule has 0 atom stereocenters. The third-order valence-electron chi connectivity index (χ3n) is 4.33. The molecular weight excluding hydrogens is 386 g/mol. The van der Waals surface area contributed by atoms with Crippen LogP contribution in [0.5, 0.6) is 0 Å². The molecular formula is C22H17N3O3S. The summed E-state index contributed by atoms with van der Waals surface area (Å²) in [6.07, 6.45) is 1.66. The van der Waals surface area contributed by atoms with Crippen LogP contribution in [0.1, 0.15) is 10.4 Å². The molecule has 1 amide bonds. The highest BCUT2D eigenvalue weighted by molar-refractivity contribution is 7.92. The minimum Gasteiger partial charge on any atom is -0.320 e. The van der Waals surface area contributed by atoms with Crippen LogP contribution in [-0.4, -0.2) is 19.3 Å². The second kappa shape index (κ2) is 7.73. The minimum absolute atomic E-state index is 0.0738. The summed E-state index contributed by atoms with van der Waals surface area (Å²) in [6, 6.07) is 23.7. The molecule has 0 radical (unpaired) electrons. The van der Waals surface area contributed by atoms with Crippen molar-refractivity contribution in [2.75, 3.05) is 10.0 Å². The van der Waals surface area contributed by atoms with E-state index in [1.54, 1.807) is 42.6 Å². The lowest BCUT2D eigenvalue weighted by Gasteiger charge is -2.10. The molecule has 0 unspecified atom stereocenters. The lowest BCUT2D eigenvalue weighted by molar-refractivity contribution is 0.102. The van der Waals surface area contributed by atoms with E-state index >= 15 is 0 Å². The van der Waals surface area contributed by atoms with Crippen LogP contribution in [0, 0.1) is 0 Å². The predicted molar refractivity (Wildman–Crippen MR) is 113 cm³/mol. The molecule has 6 nitrogen and oxygen atoms in total. The summed E-state index contributed by atoms with van der Waals surface area (Å²) in [5.41, 5.74) is 2.10. The number of para-hydroxylation sites is 2. The van der Waals surface area contributed by atoms with Gasteiger partial charge in [-0.15, -0.1) is 0 Å². The van der Waals surface area contributed by atoms with E-state index in [4.69, 9.17) is 0 Å². The Bertz CT molecular complexity index is 1270. The standard InChI is InChI=1S/C22H17N3O3S/c26-22(24-20-10-4-6-16-7-5-15-23-21(16)20)17-11-13-19(14-12-17)29(27,28)25-18-8-2-1-3-9-18/h1-15,25H,(H,24,26). The second-order valence-electron chi connectivity index (χ2n) is 6.33. The van der Waals surface area contributed by atoms with Crippen LogP contribution >= 0.6 is 0 Å². The molecule has 7 heteroatoms. The fourth-order valence-electron chi connectivity index (χ4n) is 2.91. The van der Waals surface area contributed by atoms with Crippen LogP contribution in [0.2, 0.25) is 0 Å². The van der Waals surface area contributed by atoms with Gasteiger partial charge in [-0.2, -0.15) is 0 Å². The van der Waals surface area contributed by atoms with Gasteiger partial charge in [0, 0.05) is 22.8 Å². The van der Waals surface area contributed by atoms with Crippen molar-refractivity contribution < 1.29 is 13.2 Å². The molecule has 1 heterocycles. The molecule has 29 heavy (non-hydrogen) atoms. The molecule has 0 fully saturated rings. The SMILES string of the molecule is O=C(Nc1cccc2cccnc12)c1ccc(S(=O)(=O)Nc2ccccc2)cc1. The Balaban J connectivity index is 1.53. The highest BCUT2D eigenvalue weighted by Crippen LogP contribution is 2.22. The second-order valence-corrected chi connectivity index (χ2v) is 8.01. The molecule has 0 bridgehead atoms. The average molecular weight is 403 g/mol. The van der Waals surface area contributed by atoms with E-state index < -0.39 is 10.0 Å². The number of hydrogen-bond acceptors (Lipinski definition) is 4. The maximum absolute atomic E-state index is 12.6. The van der Waals surface area contributed by atoms with Gasteiger partial charge in [-0.1, -0.05) is 36.4 Å². The molecule has 0 aliphatic rings. The smallest absolute Gasteiger partial charge is 0.261 e. The van der Waals surface area contributed by atoms with Gasteiger partial charge in [-0.05, 0) is 48.5 Å². The maximum atomic E-state index is 12.6. The first kappa shape index (κ1) is 18.6. The Morgan fingerprint density at radius 1 is 0.793 bits per heavy atom. The topological polar surface area (TPSA) is 88.2 Å². The van der Waals surface area contributed by atoms with E-state index in [2.05, 4.69) is 15.0 Å². The molecule has 144 valence electrons. The van der Waals surface area contributed by atoms with Crippen molar-refractivity contribution in [1.82, 2.24) is 4.98 Å². The fraction of sp³-hybridized carbons (Fsp3) is 0. The number of anilines is 2. The normalized spacial score (nSPS) is 11.2. The molecule has 4 rings (SSSR count). The highest BCUT2D eigenvalue weighted by atomic mass is 32.2. The first-order chi connectivity index (χ1) is 14.0. The van der Waals surface area contributed by atoms with Gasteiger partial charge in [0.25, 0.3) is 15.9 Å². The van der Waals surface area contributed by atoms with Crippen LogP contribution in [-0.2, 0) is 10.0 Å². The van der Waals surface area contributed by atoms with Crippen molar-refractivity contribution in [3.05, 3.63) is 96.7 Å². The van der Waals surface area contributed by atoms with Crippen LogP contribution in [0.3, 0.4) is 0 Å². The average Bonchev–Trinajstić information content (AvgIpc) is 2.74. The number of amides is 1. The van der Waals surface area contributed by atoms with Gasteiger partial charge in [-0.3, -0.25) is 14.5 Å². The molecule has 1 aromatic heterocycles. The quantitative estimate of drug-likeness (QED) is 0.520. The molecule has 0 saturated heterocycles. The Kier molecular flexibility index (Phi) is 4.97. The monoisotopic (exact) mass is 403 g/mol. The number of benzene rings is 3. The van der Waals surface area contributed by atoms with Gasteiger partial charge >= 0.3 is 0 Å². The van der Waals surface area contributed by atoms with E-state index in [0.717, 1.165) is 5.39 Å². The van der Waals surface area contributed by atoms with Gasteiger partial charge in [0.1, 0.15) is 0 Å². The molecule has 2 N–H and O–H groups in total. The first-order valence-electron chi connectivity index (χ1n) is 8.86. The van der Waals surface area contributed by atoms with Crippen LogP contribution in [0.4, 0.5) is 11.4 Å². The zero-order chi connectivity index (χ0) is 20.3. The van der Waals surface area contributed by atoms with E-state index in [1.165, 1.54) is 24.3 Å². The Hall–Kier alpha value is -3.71. The number of hydrogen-bond donors (Lipinski definition) is 2. The zero-order valence-electron chi connectivity index (χ0n) is 15.2. The van der Waals surface area contributed by atoms with Crippen LogP contribution in [0.15, 0.2) is 96.0 Å². The molecule has 0 aliphatic carbocycles. The Labute approximate surface area is 168 Å². The number of aromatic nitrogens is 1. The van der Waals surface area contributed by atoms with Gasteiger partial charge in [0.2, 0.25) is 0 Å². The number of pyridine rings is 1. The van der Waals surface area contributed by atoms with Crippen molar-refractivity contribution in [2.24, 2.45) is 0 Å². The lowest BCUT2D eigenvalue weighted by atomic mass is 10.1. The Morgan fingerprint density at radius 3 is 2.28 bits per heavy atom. The number of carbonyl (C=O) groups excluding carboxylic acids is 1. The molecule has 0 aliphatic heterocycles. The number of sulfonamides is 1. The summed E-state index contributed by atoms with van der Waals surface area (Å²) < 4.78 is 27.5. The molecule has 4 aromatic rings. The predicted octanol–water partition coefficient (Wildman–Crippen LogP) is 4.29. The zero-order valence-corrected chi connectivity index (χ0v) is 16.1. The number of rotatable bonds is 5. The number of fused-ring (bicyclic) bond motifs is 1.